The summed E-state index contributed by atoms with van der Waals surface area (Å²) in [6, 6.07) is 13.9. The van der Waals surface area contributed by atoms with Crippen LogP contribution in [0.4, 0.5) is 0 Å². The fourth-order valence-electron chi connectivity index (χ4n) is 2.89. The second-order valence-corrected chi connectivity index (χ2v) is 5.02. The van der Waals surface area contributed by atoms with Crippen molar-refractivity contribution in [3.8, 4) is 0 Å². The summed E-state index contributed by atoms with van der Waals surface area (Å²) < 4.78 is 0. The van der Waals surface area contributed by atoms with Gasteiger partial charge in [-0.25, -0.2) is 0 Å². The highest BCUT2D eigenvalue weighted by molar-refractivity contribution is 5.88. The van der Waals surface area contributed by atoms with Gasteiger partial charge in [-0.05, 0) is 48.2 Å². The van der Waals surface area contributed by atoms with Gasteiger partial charge in [0.15, 0.2) is 0 Å². The lowest BCUT2D eigenvalue weighted by atomic mass is 9.91. The molecule has 1 saturated heterocycles. The molecule has 1 fully saturated rings. The maximum absolute atomic E-state index is 3.65. The number of aryl methyl sites for hydroxylation is 1. The molecular formula is C16H20ClN. The van der Waals surface area contributed by atoms with E-state index in [0.717, 1.165) is 6.54 Å². The maximum Gasteiger partial charge on any atom is 0.0326 e. The molecule has 0 saturated carbocycles. The van der Waals surface area contributed by atoms with Crippen LogP contribution in [0.1, 0.15) is 36.4 Å². The summed E-state index contributed by atoms with van der Waals surface area (Å²) in [5.41, 5.74) is 2.85. The number of halogens is 1. The molecule has 1 aliphatic heterocycles. The topological polar surface area (TPSA) is 12.0 Å². The van der Waals surface area contributed by atoms with E-state index in [1.165, 1.54) is 41.2 Å². The number of rotatable bonds is 1. The monoisotopic (exact) mass is 261 g/mol. The molecule has 3 rings (SSSR count). The summed E-state index contributed by atoms with van der Waals surface area (Å²) in [7, 11) is 0. The molecule has 2 heteroatoms. The average molecular weight is 262 g/mol. The second kappa shape index (κ2) is 5.73. The van der Waals surface area contributed by atoms with Gasteiger partial charge in [0, 0.05) is 6.04 Å². The van der Waals surface area contributed by atoms with Crippen LogP contribution in [-0.4, -0.2) is 6.54 Å². The zero-order chi connectivity index (χ0) is 11.7. The third-order valence-electron chi connectivity index (χ3n) is 3.86. The van der Waals surface area contributed by atoms with E-state index in [9.17, 15) is 0 Å². The van der Waals surface area contributed by atoms with Crippen LogP contribution in [0.25, 0.3) is 10.8 Å². The van der Waals surface area contributed by atoms with Crippen LogP contribution in [0.5, 0.6) is 0 Å². The van der Waals surface area contributed by atoms with Crippen LogP contribution in [0.2, 0.25) is 0 Å². The highest BCUT2D eigenvalue weighted by atomic mass is 35.5. The molecule has 96 valence electrons. The first-order valence-corrected chi connectivity index (χ1v) is 6.58. The predicted octanol–water partition coefficient (Wildman–Crippen LogP) is 4.38. The molecule has 0 radical (unpaired) electrons. The Morgan fingerprint density at radius 2 is 1.78 bits per heavy atom. The lowest BCUT2D eigenvalue weighted by Gasteiger charge is -2.25. The van der Waals surface area contributed by atoms with E-state index in [2.05, 4.69) is 48.6 Å². The van der Waals surface area contributed by atoms with Gasteiger partial charge in [-0.15, -0.1) is 12.4 Å². The lowest BCUT2D eigenvalue weighted by molar-refractivity contribution is 0.414. The van der Waals surface area contributed by atoms with Gasteiger partial charge in [-0.1, -0.05) is 42.8 Å². The first-order valence-electron chi connectivity index (χ1n) is 6.58. The molecule has 0 aromatic heterocycles. The Hall–Kier alpha value is -1.05. The molecular weight excluding hydrogens is 242 g/mol. The fourth-order valence-corrected chi connectivity index (χ4v) is 2.89. The third-order valence-corrected chi connectivity index (χ3v) is 3.86. The lowest BCUT2D eigenvalue weighted by Crippen LogP contribution is -2.26. The molecule has 1 nitrogen and oxygen atoms in total. The van der Waals surface area contributed by atoms with Gasteiger partial charge in [0.05, 0.1) is 0 Å². The van der Waals surface area contributed by atoms with Crippen molar-refractivity contribution in [1.82, 2.24) is 5.32 Å². The van der Waals surface area contributed by atoms with Crippen molar-refractivity contribution >= 4 is 23.2 Å². The molecule has 2 aromatic rings. The zero-order valence-corrected chi connectivity index (χ0v) is 11.6. The third kappa shape index (κ3) is 2.38. The average Bonchev–Trinajstić information content (AvgIpc) is 2.41. The van der Waals surface area contributed by atoms with Crippen molar-refractivity contribution < 1.29 is 0 Å². The molecule has 0 aliphatic carbocycles. The molecule has 1 atom stereocenters. The summed E-state index contributed by atoms with van der Waals surface area (Å²) in [5, 5.41) is 6.47. The van der Waals surface area contributed by atoms with E-state index in [1.807, 2.05) is 0 Å². The van der Waals surface area contributed by atoms with E-state index in [4.69, 9.17) is 0 Å². The van der Waals surface area contributed by atoms with Crippen LogP contribution < -0.4 is 5.32 Å². The number of benzene rings is 2. The molecule has 0 unspecified atom stereocenters. The Balaban J connectivity index is 0.00000120. The molecule has 1 aliphatic rings. The van der Waals surface area contributed by atoms with Gasteiger partial charge >= 0.3 is 0 Å². The van der Waals surface area contributed by atoms with Crippen molar-refractivity contribution in [2.75, 3.05) is 6.54 Å². The summed E-state index contributed by atoms with van der Waals surface area (Å²) in [5.74, 6) is 0. The molecule has 2 aromatic carbocycles. The Labute approximate surface area is 115 Å². The SMILES string of the molecule is Cc1ccc([C@@H]2CCCCN2)c2ccccc12.Cl. The van der Waals surface area contributed by atoms with Gasteiger partial charge in [-0.3, -0.25) is 0 Å². The maximum atomic E-state index is 3.65. The van der Waals surface area contributed by atoms with E-state index in [-0.39, 0.29) is 12.4 Å². The van der Waals surface area contributed by atoms with Crippen molar-refractivity contribution in [1.29, 1.82) is 0 Å². The fraction of sp³-hybridized carbons (Fsp3) is 0.375. The Bertz CT molecular complexity index is 530. The van der Waals surface area contributed by atoms with E-state index < -0.39 is 0 Å². The molecule has 0 amide bonds. The Kier molecular flexibility index (Phi) is 4.26. The minimum atomic E-state index is 0. The molecule has 0 bridgehead atoms. The summed E-state index contributed by atoms with van der Waals surface area (Å²) in [4.78, 5) is 0. The van der Waals surface area contributed by atoms with E-state index in [0.29, 0.717) is 6.04 Å². The van der Waals surface area contributed by atoms with Crippen LogP contribution in [-0.2, 0) is 0 Å². The highest BCUT2D eigenvalue weighted by Crippen LogP contribution is 2.30. The minimum Gasteiger partial charge on any atom is -0.310 e. The summed E-state index contributed by atoms with van der Waals surface area (Å²) in [6.07, 6.45) is 3.94. The summed E-state index contributed by atoms with van der Waals surface area (Å²) in [6.45, 7) is 3.35. The number of hydrogen-bond acceptors (Lipinski definition) is 1. The number of piperidine rings is 1. The standard InChI is InChI=1S/C16H19N.ClH/c1-12-9-10-15(16-8-4-5-11-17-16)14-7-3-2-6-13(12)14;/h2-3,6-7,9-10,16-17H,4-5,8,11H2,1H3;1H/t16-;/m0./s1. The predicted molar refractivity (Wildman–Crippen MR) is 80.5 cm³/mol. The molecule has 1 heterocycles. The molecule has 18 heavy (non-hydrogen) atoms. The van der Waals surface area contributed by atoms with E-state index >= 15 is 0 Å². The van der Waals surface area contributed by atoms with Crippen molar-refractivity contribution in [3.63, 3.8) is 0 Å². The number of hydrogen-bond donors (Lipinski definition) is 1. The van der Waals surface area contributed by atoms with Gasteiger partial charge in [0.2, 0.25) is 0 Å². The molecule has 0 spiro atoms. The highest BCUT2D eigenvalue weighted by Gasteiger charge is 2.16. The zero-order valence-electron chi connectivity index (χ0n) is 10.8. The number of nitrogens with one attached hydrogen (secondary N) is 1. The smallest absolute Gasteiger partial charge is 0.0326 e. The minimum absolute atomic E-state index is 0. The second-order valence-electron chi connectivity index (χ2n) is 5.02. The quantitative estimate of drug-likeness (QED) is 0.803. The van der Waals surface area contributed by atoms with Gasteiger partial charge in [-0.2, -0.15) is 0 Å². The van der Waals surface area contributed by atoms with Gasteiger partial charge < -0.3 is 5.32 Å². The van der Waals surface area contributed by atoms with Crippen LogP contribution in [0.15, 0.2) is 36.4 Å². The normalized spacial score (nSPS) is 19.5. The first kappa shape index (κ1) is 13.4. The van der Waals surface area contributed by atoms with Crippen molar-refractivity contribution in [3.05, 3.63) is 47.5 Å². The Morgan fingerprint density at radius 3 is 2.50 bits per heavy atom. The van der Waals surface area contributed by atoms with Crippen LogP contribution >= 0.6 is 12.4 Å². The summed E-state index contributed by atoms with van der Waals surface area (Å²) >= 11 is 0. The van der Waals surface area contributed by atoms with E-state index in [1.54, 1.807) is 0 Å². The van der Waals surface area contributed by atoms with Crippen LogP contribution in [0, 0.1) is 6.92 Å². The Morgan fingerprint density at radius 1 is 1.00 bits per heavy atom. The number of fused-ring (bicyclic) bond motifs is 1. The van der Waals surface area contributed by atoms with Gasteiger partial charge in [0.25, 0.3) is 0 Å². The molecule has 1 N–H and O–H groups in total. The van der Waals surface area contributed by atoms with Gasteiger partial charge in [0.1, 0.15) is 0 Å². The van der Waals surface area contributed by atoms with Crippen LogP contribution in [0.3, 0.4) is 0 Å². The first-order chi connectivity index (χ1) is 8.36. The van der Waals surface area contributed by atoms with Crippen molar-refractivity contribution in [2.24, 2.45) is 0 Å². The largest absolute Gasteiger partial charge is 0.310 e. The van der Waals surface area contributed by atoms with Crippen molar-refractivity contribution in [2.45, 2.75) is 32.2 Å².